The van der Waals surface area contributed by atoms with Gasteiger partial charge in [-0.15, -0.1) is 0 Å². The molecule has 0 unspecified atom stereocenters. The number of fused-ring (bicyclic) bond motifs is 1. The normalized spacial score (nSPS) is 10.4. The van der Waals surface area contributed by atoms with E-state index in [2.05, 4.69) is 37.2 Å². The number of aromatic nitrogens is 1. The smallest absolute Gasteiger partial charge is 0.199 e. The molecule has 0 spiro atoms. The Morgan fingerprint density at radius 2 is 2.29 bits per heavy atom. The Hall–Kier alpha value is -1.60. The molecule has 0 bridgehead atoms. The second-order valence-electron chi connectivity index (χ2n) is 4.07. The maximum atomic E-state index is 9.13. The predicted molar refractivity (Wildman–Crippen MR) is 72.2 cm³/mol. The van der Waals surface area contributed by atoms with E-state index < -0.39 is 0 Å². The number of aryl methyl sites for hydroxylation is 1. The number of anilines is 1. The molecular formula is C13H15N3S. The number of nitriles is 1. The Labute approximate surface area is 105 Å². The number of thiazole rings is 1. The summed E-state index contributed by atoms with van der Waals surface area (Å²) < 4.78 is 1.15. The topological polar surface area (TPSA) is 39.9 Å². The van der Waals surface area contributed by atoms with Crippen LogP contribution in [-0.4, -0.2) is 11.5 Å². The molecule has 0 aliphatic rings. The summed E-state index contributed by atoms with van der Waals surface area (Å²) >= 11 is 1.59. The average Bonchev–Trinajstić information content (AvgIpc) is 2.72. The van der Waals surface area contributed by atoms with Crippen molar-refractivity contribution < 1.29 is 0 Å². The quantitative estimate of drug-likeness (QED) is 0.609. The van der Waals surface area contributed by atoms with Crippen LogP contribution in [0.15, 0.2) is 18.2 Å². The largest absolute Gasteiger partial charge is 0.254 e. The number of nitrogens with zero attached hydrogens (tertiary/aromatic N) is 3. The Balaban J connectivity index is 2.31. The van der Waals surface area contributed by atoms with Gasteiger partial charge in [-0.05, 0) is 31.0 Å². The number of unbranched alkanes of at least 4 members (excludes halogenated alkanes) is 1. The lowest BCUT2D eigenvalue weighted by atomic mass is 10.2. The highest BCUT2D eigenvalue weighted by Gasteiger charge is 2.11. The maximum Gasteiger partial charge on any atom is 0.199 e. The van der Waals surface area contributed by atoms with Gasteiger partial charge in [0.2, 0.25) is 0 Å². The van der Waals surface area contributed by atoms with Gasteiger partial charge in [0.05, 0.1) is 10.2 Å². The Bertz CT molecular complexity index is 553. The summed E-state index contributed by atoms with van der Waals surface area (Å²) in [6.45, 7) is 4.95. The van der Waals surface area contributed by atoms with Crippen molar-refractivity contribution in [1.29, 1.82) is 5.26 Å². The summed E-state index contributed by atoms with van der Waals surface area (Å²) in [5, 5.41) is 9.94. The van der Waals surface area contributed by atoms with Crippen LogP contribution < -0.4 is 4.90 Å². The second-order valence-corrected chi connectivity index (χ2v) is 5.08. The molecule has 0 saturated heterocycles. The zero-order valence-electron chi connectivity index (χ0n) is 10.1. The van der Waals surface area contributed by atoms with Crippen LogP contribution in [0.2, 0.25) is 0 Å². The Morgan fingerprint density at radius 1 is 1.47 bits per heavy atom. The van der Waals surface area contributed by atoms with E-state index in [-0.39, 0.29) is 0 Å². The van der Waals surface area contributed by atoms with E-state index in [1.54, 1.807) is 16.2 Å². The highest BCUT2D eigenvalue weighted by molar-refractivity contribution is 7.22. The van der Waals surface area contributed by atoms with Crippen LogP contribution in [0.3, 0.4) is 0 Å². The lowest BCUT2D eigenvalue weighted by molar-refractivity contribution is 0.785. The van der Waals surface area contributed by atoms with Gasteiger partial charge in [0.1, 0.15) is 0 Å². The lowest BCUT2D eigenvalue weighted by Gasteiger charge is -2.09. The molecule has 17 heavy (non-hydrogen) atoms. The van der Waals surface area contributed by atoms with Gasteiger partial charge in [0.15, 0.2) is 11.3 Å². The molecule has 88 valence electrons. The van der Waals surface area contributed by atoms with Gasteiger partial charge in [-0.3, -0.25) is 4.90 Å². The van der Waals surface area contributed by atoms with Gasteiger partial charge in [-0.25, -0.2) is 4.98 Å². The van der Waals surface area contributed by atoms with E-state index in [9.17, 15) is 0 Å². The zero-order chi connectivity index (χ0) is 12.3. The first-order valence-electron chi connectivity index (χ1n) is 5.79. The first kappa shape index (κ1) is 11.9. The van der Waals surface area contributed by atoms with Gasteiger partial charge in [0.25, 0.3) is 0 Å². The second kappa shape index (κ2) is 5.15. The van der Waals surface area contributed by atoms with Crippen molar-refractivity contribution >= 4 is 26.7 Å². The molecule has 2 aromatic rings. The Morgan fingerprint density at radius 3 is 3.00 bits per heavy atom. The number of rotatable bonds is 4. The standard InChI is InChI=1S/C13H15N3S/c1-3-4-7-16(9-14)13-15-11-6-5-10(2)8-12(11)17-13/h5-6,8H,3-4,7H2,1-2H3. The first-order valence-corrected chi connectivity index (χ1v) is 6.60. The van der Waals surface area contributed by atoms with Crippen LogP contribution in [0.1, 0.15) is 25.3 Å². The van der Waals surface area contributed by atoms with E-state index in [1.807, 2.05) is 6.07 Å². The third-order valence-corrected chi connectivity index (χ3v) is 3.66. The molecule has 0 fully saturated rings. The summed E-state index contributed by atoms with van der Waals surface area (Å²) in [7, 11) is 0. The summed E-state index contributed by atoms with van der Waals surface area (Å²) in [6.07, 6.45) is 4.31. The fraction of sp³-hybridized carbons (Fsp3) is 0.385. The van der Waals surface area contributed by atoms with Gasteiger partial charge >= 0.3 is 0 Å². The van der Waals surface area contributed by atoms with Crippen LogP contribution in [0, 0.1) is 18.4 Å². The Kier molecular flexibility index (Phi) is 3.60. The molecular weight excluding hydrogens is 230 g/mol. The van der Waals surface area contributed by atoms with Gasteiger partial charge in [-0.2, -0.15) is 5.26 Å². The molecule has 0 saturated carbocycles. The molecule has 4 heteroatoms. The number of benzene rings is 1. The van der Waals surface area contributed by atoms with Crippen molar-refractivity contribution in [3.63, 3.8) is 0 Å². The highest BCUT2D eigenvalue weighted by Crippen LogP contribution is 2.29. The first-order chi connectivity index (χ1) is 8.24. The molecule has 3 nitrogen and oxygen atoms in total. The number of hydrogen-bond acceptors (Lipinski definition) is 4. The van der Waals surface area contributed by atoms with Crippen molar-refractivity contribution in [2.75, 3.05) is 11.4 Å². The molecule has 0 atom stereocenters. The van der Waals surface area contributed by atoms with Crippen LogP contribution in [-0.2, 0) is 0 Å². The van der Waals surface area contributed by atoms with E-state index in [1.165, 1.54) is 5.56 Å². The fourth-order valence-corrected chi connectivity index (χ4v) is 2.69. The van der Waals surface area contributed by atoms with E-state index in [4.69, 9.17) is 5.26 Å². The molecule has 1 heterocycles. The fourth-order valence-electron chi connectivity index (χ4n) is 1.64. The van der Waals surface area contributed by atoms with E-state index in [0.717, 1.165) is 34.7 Å². The molecule has 0 N–H and O–H groups in total. The third-order valence-electron chi connectivity index (χ3n) is 2.62. The van der Waals surface area contributed by atoms with E-state index in [0.29, 0.717) is 0 Å². The lowest BCUT2D eigenvalue weighted by Crippen LogP contribution is -2.17. The SMILES string of the molecule is CCCCN(C#N)c1nc2ccc(C)cc2s1. The molecule has 0 radical (unpaired) electrons. The van der Waals surface area contributed by atoms with Crippen molar-refractivity contribution in [1.82, 2.24) is 4.98 Å². The van der Waals surface area contributed by atoms with Gasteiger partial charge in [0, 0.05) is 6.54 Å². The van der Waals surface area contributed by atoms with Crippen molar-refractivity contribution in [3.8, 4) is 6.19 Å². The van der Waals surface area contributed by atoms with Crippen LogP contribution in [0.5, 0.6) is 0 Å². The molecule has 0 aliphatic heterocycles. The molecule has 0 aliphatic carbocycles. The van der Waals surface area contributed by atoms with Crippen LogP contribution in [0.4, 0.5) is 5.13 Å². The molecule has 1 aromatic heterocycles. The summed E-state index contributed by atoms with van der Waals surface area (Å²) in [4.78, 5) is 6.18. The van der Waals surface area contributed by atoms with Crippen LogP contribution >= 0.6 is 11.3 Å². The monoisotopic (exact) mass is 245 g/mol. The van der Waals surface area contributed by atoms with Gasteiger partial charge < -0.3 is 0 Å². The van der Waals surface area contributed by atoms with E-state index >= 15 is 0 Å². The highest BCUT2D eigenvalue weighted by atomic mass is 32.1. The van der Waals surface area contributed by atoms with Crippen LogP contribution in [0.25, 0.3) is 10.2 Å². The summed E-state index contributed by atoms with van der Waals surface area (Å²) in [6, 6.07) is 6.18. The van der Waals surface area contributed by atoms with Crippen molar-refractivity contribution in [3.05, 3.63) is 23.8 Å². The van der Waals surface area contributed by atoms with Crippen molar-refractivity contribution in [2.45, 2.75) is 26.7 Å². The zero-order valence-corrected chi connectivity index (χ0v) is 10.9. The molecule has 0 amide bonds. The average molecular weight is 245 g/mol. The minimum atomic E-state index is 0.756. The molecule has 2 rings (SSSR count). The minimum absolute atomic E-state index is 0.756. The maximum absolute atomic E-state index is 9.13. The van der Waals surface area contributed by atoms with Crippen molar-refractivity contribution in [2.24, 2.45) is 0 Å². The minimum Gasteiger partial charge on any atom is -0.254 e. The van der Waals surface area contributed by atoms with Gasteiger partial charge in [-0.1, -0.05) is 30.7 Å². The number of hydrogen-bond donors (Lipinski definition) is 0. The third kappa shape index (κ3) is 2.56. The summed E-state index contributed by atoms with van der Waals surface area (Å²) in [5.74, 6) is 0. The molecule has 1 aromatic carbocycles. The predicted octanol–water partition coefficient (Wildman–Crippen LogP) is 3.69. The summed E-state index contributed by atoms with van der Waals surface area (Å²) in [5.41, 5.74) is 2.21.